The number of halogens is 3. The summed E-state index contributed by atoms with van der Waals surface area (Å²) in [7, 11) is 1.48. The van der Waals surface area contributed by atoms with Crippen molar-refractivity contribution in [2.24, 2.45) is 0 Å². The molecule has 0 atom stereocenters. The average Bonchev–Trinajstić information content (AvgIpc) is 2.38. The zero-order valence-electron chi connectivity index (χ0n) is 9.91. The van der Waals surface area contributed by atoms with Gasteiger partial charge in [0, 0.05) is 5.56 Å². The summed E-state index contributed by atoms with van der Waals surface area (Å²) in [6.45, 7) is 0. The van der Waals surface area contributed by atoms with E-state index < -0.39 is 23.0 Å². The van der Waals surface area contributed by atoms with Crippen molar-refractivity contribution in [1.82, 2.24) is 0 Å². The Labute approximate surface area is 117 Å². The minimum absolute atomic E-state index is 0.177. The van der Waals surface area contributed by atoms with Gasteiger partial charge in [0.15, 0.2) is 5.78 Å². The van der Waals surface area contributed by atoms with E-state index >= 15 is 0 Å². The standard InChI is InChI=1S/C14H9BrF2O2/c1-19-12-6-5-8(7-9(12)15)14(18)13-10(16)3-2-4-11(13)17/h2-7H,1H3. The Kier molecular flexibility index (Phi) is 3.95. The zero-order valence-corrected chi connectivity index (χ0v) is 11.5. The molecular weight excluding hydrogens is 318 g/mol. The molecule has 2 aromatic rings. The normalized spacial score (nSPS) is 10.3. The maximum absolute atomic E-state index is 13.5. The average molecular weight is 327 g/mol. The highest BCUT2D eigenvalue weighted by Gasteiger charge is 2.19. The molecule has 0 heterocycles. The van der Waals surface area contributed by atoms with Crippen LogP contribution in [0.15, 0.2) is 40.9 Å². The first-order valence-electron chi connectivity index (χ1n) is 5.37. The lowest BCUT2D eigenvalue weighted by Gasteiger charge is -2.07. The smallest absolute Gasteiger partial charge is 0.198 e. The number of carbonyl (C=O) groups is 1. The van der Waals surface area contributed by atoms with E-state index in [9.17, 15) is 13.6 Å². The van der Waals surface area contributed by atoms with Gasteiger partial charge in [-0.05, 0) is 46.3 Å². The maximum Gasteiger partial charge on any atom is 0.198 e. The van der Waals surface area contributed by atoms with Gasteiger partial charge in [0.1, 0.15) is 17.4 Å². The first kappa shape index (κ1) is 13.7. The van der Waals surface area contributed by atoms with Crippen LogP contribution in [-0.2, 0) is 0 Å². The third-order valence-electron chi connectivity index (χ3n) is 2.60. The second-order valence-corrected chi connectivity index (χ2v) is 4.63. The van der Waals surface area contributed by atoms with Gasteiger partial charge in [0.2, 0.25) is 0 Å². The third kappa shape index (κ3) is 2.66. The molecule has 0 saturated heterocycles. The fraction of sp³-hybridized carbons (Fsp3) is 0.0714. The highest BCUT2D eigenvalue weighted by Crippen LogP contribution is 2.27. The summed E-state index contributed by atoms with van der Waals surface area (Å²) in [5, 5.41) is 0. The van der Waals surface area contributed by atoms with Crippen molar-refractivity contribution >= 4 is 21.7 Å². The van der Waals surface area contributed by atoms with Gasteiger partial charge in [-0.2, -0.15) is 0 Å². The molecule has 0 amide bonds. The van der Waals surface area contributed by atoms with E-state index in [1.807, 2.05) is 0 Å². The monoisotopic (exact) mass is 326 g/mol. The fourth-order valence-electron chi connectivity index (χ4n) is 1.67. The molecule has 98 valence electrons. The Morgan fingerprint density at radius 2 is 1.79 bits per heavy atom. The highest BCUT2D eigenvalue weighted by molar-refractivity contribution is 9.10. The predicted molar refractivity (Wildman–Crippen MR) is 70.5 cm³/mol. The molecule has 0 aromatic heterocycles. The van der Waals surface area contributed by atoms with Crippen LogP contribution in [0, 0.1) is 11.6 Å². The van der Waals surface area contributed by atoms with E-state index in [1.165, 1.54) is 25.3 Å². The summed E-state index contributed by atoms with van der Waals surface area (Å²) in [4.78, 5) is 12.1. The van der Waals surface area contributed by atoms with Gasteiger partial charge in [-0.25, -0.2) is 8.78 Å². The number of ketones is 1. The largest absolute Gasteiger partial charge is 0.496 e. The SMILES string of the molecule is COc1ccc(C(=O)c2c(F)cccc2F)cc1Br. The number of carbonyl (C=O) groups excluding carboxylic acids is 1. The highest BCUT2D eigenvalue weighted by atomic mass is 79.9. The van der Waals surface area contributed by atoms with Gasteiger partial charge in [0.25, 0.3) is 0 Å². The minimum atomic E-state index is -0.878. The van der Waals surface area contributed by atoms with Crippen LogP contribution < -0.4 is 4.74 Å². The van der Waals surface area contributed by atoms with Crippen LogP contribution in [-0.4, -0.2) is 12.9 Å². The van der Waals surface area contributed by atoms with Crippen LogP contribution in [0.5, 0.6) is 5.75 Å². The third-order valence-corrected chi connectivity index (χ3v) is 3.22. The van der Waals surface area contributed by atoms with Crippen LogP contribution in [0.4, 0.5) is 8.78 Å². The van der Waals surface area contributed by atoms with Gasteiger partial charge in [-0.3, -0.25) is 4.79 Å². The van der Waals surface area contributed by atoms with Crippen molar-refractivity contribution in [3.8, 4) is 5.75 Å². The Balaban J connectivity index is 2.48. The maximum atomic E-state index is 13.5. The van der Waals surface area contributed by atoms with Crippen molar-refractivity contribution in [1.29, 1.82) is 0 Å². The number of methoxy groups -OCH3 is 1. The molecule has 0 aliphatic carbocycles. The molecule has 0 radical (unpaired) electrons. The molecule has 2 rings (SSSR count). The van der Waals surface area contributed by atoms with Crippen molar-refractivity contribution in [3.63, 3.8) is 0 Å². The first-order chi connectivity index (χ1) is 9.04. The lowest BCUT2D eigenvalue weighted by Crippen LogP contribution is -2.07. The zero-order chi connectivity index (χ0) is 14.0. The molecular formula is C14H9BrF2O2. The van der Waals surface area contributed by atoms with Crippen molar-refractivity contribution in [2.45, 2.75) is 0 Å². The Morgan fingerprint density at radius 3 is 2.32 bits per heavy atom. The number of ether oxygens (including phenoxy) is 1. The number of hydrogen-bond donors (Lipinski definition) is 0. The Bertz CT molecular complexity index is 621. The van der Waals surface area contributed by atoms with Crippen LogP contribution in [0.3, 0.4) is 0 Å². The van der Waals surface area contributed by atoms with Crippen LogP contribution in [0.25, 0.3) is 0 Å². The molecule has 2 nitrogen and oxygen atoms in total. The van der Waals surface area contributed by atoms with Crippen molar-refractivity contribution in [2.75, 3.05) is 7.11 Å². The molecule has 19 heavy (non-hydrogen) atoms. The molecule has 0 unspecified atom stereocenters. The van der Waals surface area contributed by atoms with Crippen molar-refractivity contribution in [3.05, 3.63) is 63.6 Å². The Hall–Kier alpha value is -1.75. The summed E-state index contributed by atoms with van der Waals surface area (Å²) in [5.74, 6) is -1.93. The molecule has 0 aliphatic heterocycles. The molecule has 0 aliphatic rings. The fourth-order valence-corrected chi connectivity index (χ4v) is 2.21. The molecule has 0 spiro atoms. The van der Waals surface area contributed by atoms with E-state index in [1.54, 1.807) is 6.07 Å². The van der Waals surface area contributed by atoms with E-state index in [-0.39, 0.29) is 5.56 Å². The topological polar surface area (TPSA) is 26.3 Å². The van der Waals surface area contributed by atoms with E-state index in [2.05, 4.69) is 15.9 Å². The molecule has 2 aromatic carbocycles. The van der Waals surface area contributed by atoms with Crippen LogP contribution in [0.2, 0.25) is 0 Å². The summed E-state index contributed by atoms with van der Waals surface area (Å²) in [6, 6.07) is 7.79. The van der Waals surface area contributed by atoms with Crippen molar-refractivity contribution < 1.29 is 18.3 Å². The summed E-state index contributed by atoms with van der Waals surface area (Å²) < 4.78 is 32.6. The molecule has 0 N–H and O–H groups in total. The van der Waals surface area contributed by atoms with Gasteiger partial charge in [-0.1, -0.05) is 6.07 Å². The van der Waals surface area contributed by atoms with Gasteiger partial charge < -0.3 is 4.74 Å². The van der Waals surface area contributed by atoms with Crippen LogP contribution in [0.1, 0.15) is 15.9 Å². The predicted octanol–water partition coefficient (Wildman–Crippen LogP) is 3.97. The summed E-state index contributed by atoms with van der Waals surface area (Å²) in [6.07, 6.45) is 0. The van der Waals surface area contributed by atoms with Crippen LogP contribution >= 0.6 is 15.9 Å². The Morgan fingerprint density at radius 1 is 1.16 bits per heavy atom. The summed E-state index contributed by atoms with van der Waals surface area (Å²) in [5.41, 5.74) is -0.378. The van der Waals surface area contributed by atoms with E-state index in [0.29, 0.717) is 10.2 Å². The molecule has 0 fully saturated rings. The molecule has 0 saturated carbocycles. The second kappa shape index (κ2) is 5.48. The number of hydrogen-bond acceptors (Lipinski definition) is 2. The number of benzene rings is 2. The summed E-state index contributed by atoms with van der Waals surface area (Å²) >= 11 is 3.22. The molecule has 0 bridgehead atoms. The quantitative estimate of drug-likeness (QED) is 0.798. The van der Waals surface area contributed by atoms with Gasteiger partial charge in [-0.15, -0.1) is 0 Å². The molecule has 5 heteroatoms. The van der Waals surface area contributed by atoms with E-state index in [0.717, 1.165) is 12.1 Å². The lowest BCUT2D eigenvalue weighted by atomic mass is 10.0. The van der Waals surface area contributed by atoms with Gasteiger partial charge in [0.05, 0.1) is 17.1 Å². The lowest BCUT2D eigenvalue weighted by molar-refractivity contribution is 0.103. The van der Waals surface area contributed by atoms with Gasteiger partial charge >= 0.3 is 0 Å². The second-order valence-electron chi connectivity index (χ2n) is 3.78. The first-order valence-corrected chi connectivity index (χ1v) is 6.16. The number of rotatable bonds is 3. The van der Waals surface area contributed by atoms with E-state index in [4.69, 9.17) is 4.74 Å². The minimum Gasteiger partial charge on any atom is -0.496 e.